The van der Waals surface area contributed by atoms with Crippen LogP contribution >= 0.6 is 0 Å². The van der Waals surface area contributed by atoms with E-state index in [0.717, 1.165) is 24.0 Å². The Morgan fingerprint density at radius 1 is 0.816 bits per heavy atom. The highest BCUT2D eigenvalue weighted by atomic mass is 16.5. The van der Waals surface area contributed by atoms with E-state index in [2.05, 4.69) is 93.5 Å². The van der Waals surface area contributed by atoms with Gasteiger partial charge in [-0.05, 0) is 115 Å². The van der Waals surface area contributed by atoms with Gasteiger partial charge in [-0.1, -0.05) is 84.0 Å². The van der Waals surface area contributed by atoms with Crippen LogP contribution in [0.15, 0.2) is 54.6 Å². The molecule has 3 aromatic rings. The number of aryl methyl sites for hydroxylation is 4. The van der Waals surface area contributed by atoms with Crippen LogP contribution in [0.5, 0.6) is 5.75 Å². The van der Waals surface area contributed by atoms with Crippen molar-refractivity contribution in [1.82, 2.24) is 0 Å². The number of carbonyl (C=O) groups is 1. The number of hydrogen-bond acceptors (Lipinski definition) is 2. The van der Waals surface area contributed by atoms with Crippen LogP contribution in [0.3, 0.4) is 0 Å². The van der Waals surface area contributed by atoms with Gasteiger partial charge in [-0.3, -0.25) is 0 Å². The summed E-state index contributed by atoms with van der Waals surface area (Å²) in [6.45, 7) is 22.9. The fourth-order valence-corrected chi connectivity index (χ4v) is 7.71. The van der Waals surface area contributed by atoms with Gasteiger partial charge in [0, 0.05) is 5.41 Å². The second-order valence-electron chi connectivity index (χ2n) is 13.9. The predicted octanol–water partition coefficient (Wildman–Crippen LogP) is 9.57. The van der Waals surface area contributed by atoms with E-state index >= 15 is 0 Å². The van der Waals surface area contributed by atoms with Crippen LogP contribution in [-0.2, 0) is 10.8 Å². The molecule has 0 amide bonds. The van der Waals surface area contributed by atoms with Crippen LogP contribution in [0.1, 0.15) is 110 Å². The topological polar surface area (TPSA) is 26.3 Å². The first kappa shape index (κ1) is 28.1. The quantitative estimate of drug-likeness (QED) is 0.258. The Morgan fingerprint density at radius 2 is 1.32 bits per heavy atom. The summed E-state index contributed by atoms with van der Waals surface area (Å²) in [6.07, 6.45) is 3.45. The minimum atomic E-state index is -0.310. The number of rotatable bonds is 4. The summed E-state index contributed by atoms with van der Waals surface area (Å²) in [5, 5.41) is 0. The van der Waals surface area contributed by atoms with Crippen LogP contribution in [0.2, 0.25) is 0 Å². The standard InChI is InChI=1S/C36H46O2/c1-23-20-35(9,10)22-36(21-23,29-16-24(2)31(25(3)17-29)34(6,7)8)30-18-26(4)32(27(5)19-30)38-33(37)28-14-12-11-13-15-28/h11-19,23H,20-22H2,1-10H3. The highest BCUT2D eigenvalue weighted by Crippen LogP contribution is 2.54. The van der Waals surface area contributed by atoms with E-state index in [0.29, 0.717) is 17.2 Å². The molecular formula is C36H46O2. The van der Waals surface area contributed by atoms with Gasteiger partial charge in [0.05, 0.1) is 5.56 Å². The highest BCUT2D eigenvalue weighted by molar-refractivity contribution is 5.91. The number of benzene rings is 3. The van der Waals surface area contributed by atoms with Crippen molar-refractivity contribution in [3.05, 3.63) is 99.1 Å². The summed E-state index contributed by atoms with van der Waals surface area (Å²) in [7, 11) is 0. The average molecular weight is 511 g/mol. The zero-order chi connectivity index (χ0) is 28.0. The van der Waals surface area contributed by atoms with Crippen LogP contribution in [-0.4, -0.2) is 5.97 Å². The first-order chi connectivity index (χ1) is 17.6. The summed E-state index contributed by atoms with van der Waals surface area (Å²) in [6, 6.07) is 18.8. The number of hydrogen-bond donors (Lipinski definition) is 0. The Hall–Kier alpha value is -2.87. The summed E-state index contributed by atoms with van der Waals surface area (Å²) < 4.78 is 5.96. The number of esters is 1. The zero-order valence-corrected chi connectivity index (χ0v) is 25.2. The molecule has 1 aliphatic rings. The molecule has 2 unspecified atom stereocenters. The maximum atomic E-state index is 12.9. The maximum Gasteiger partial charge on any atom is 0.343 e. The van der Waals surface area contributed by atoms with Gasteiger partial charge in [0.2, 0.25) is 0 Å². The SMILES string of the molecule is Cc1cc(C2(c3cc(C)c(C(C)(C)C)c(C)c3)CC(C)CC(C)(C)C2)cc(C)c1OC(=O)c1ccccc1. The Morgan fingerprint density at radius 3 is 1.79 bits per heavy atom. The number of carbonyl (C=O) groups excluding carboxylic acids is 1. The lowest BCUT2D eigenvalue weighted by molar-refractivity contribution is 0.0732. The highest BCUT2D eigenvalue weighted by Gasteiger charge is 2.46. The van der Waals surface area contributed by atoms with Gasteiger partial charge in [0.25, 0.3) is 0 Å². The molecule has 2 nitrogen and oxygen atoms in total. The molecule has 0 N–H and O–H groups in total. The lowest BCUT2D eigenvalue weighted by Crippen LogP contribution is -2.41. The van der Waals surface area contributed by atoms with E-state index in [1.807, 2.05) is 18.2 Å². The molecule has 2 atom stereocenters. The van der Waals surface area contributed by atoms with Crippen LogP contribution in [0.4, 0.5) is 0 Å². The van der Waals surface area contributed by atoms with Gasteiger partial charge in [-0.15, -0.1) is 0 Å². The fraction of sp³-hybridized carbons (Fsp3) is 0.472. The summed E-state index contributed by atoms with van der Waals surface area (Å²) >= 11 is 0. The molecule has 202 valence electrons. The lowest BCUT2D eigenvalue weighted by Gasteiger charge is -2.49. The number of ether oxygens (including phenoxy) is 1. The molecule has 0 bridgehead atoms. The molecule has 0 heterocycles. The summed E-state index contributed by atoms with van der Waals surface area (Å²) in [4.78, 5) is 12.9. The van der Waals surface area contributed by atoms with E-state index < -0.39 is 0 Å². The molecule has 1 aliphatic carbocycles. The largest absolute Gasteiger partial charge is 0.422 e. The molecule has 0 saturated heterocycles. The monoisotopic (exact) mass is 510 g/mol. The van der Waals surface area contributed by atoms with E-state index in [1.54, 1.807) is 12.1 Å². The van der Waals surface area contributed by atoms with E-state index in [-0.39, 0.29) is 22.2 Å². The minimum Gasteiger partial charge on any atom is -0.422 e. The van der Waals surface area contributed by atoms with E-state index in [9.17, 15) is 4.79 Å². The molecule has 3 aromatic carbocycles. The third-order valence-corrected chi connectivity index (χ3v) is 8.43. The van der Waals surface area contributed by atoms with Crippen molar-refractivity contribution >= 4 is 5.97 Å². The minimum absolute atomic E-state index is 0.0927. The molecule has 0 aromatic heterocycles. The van der Waals surface area contributed by atoms with Crippen molar-refractivity contribution in [3.8, 4) is 5.75 Å². The summed E-state index contributed by atoms with van der Waals surface area (Å²) in [5.74, 6) is 0.977. The first-order valence-electron chi connectivity index (χ1n) is 14.1. The van der Waals surface area contributed by atoms with Crippen molar-refractivity contribution in [3.63, 3.8) is 0 Å². The zero-order valence-electron chi connectivity index (χ0n) is 25.2. The summed E-state index contributed by atoms with van der Waals surface area (Å²) in [5.41, 5.74) is 9.81. The fourth-order valence-electron chi connectivity index (χ4n) is 7.71. The maximum absolute atomic E-state index is 12.9. The Bertz CT molecular complexity index is 1290. The molecule has 2 heteroatoms. The van der Waals surface area contributed by atoms with Crippen molar-refractivity contribution in [2.45, 2.75) is 99.3 Å². The third-order valence-electron chi connectivity index (χ3n) is 8.43. The van der Waals surface area contributed by atoms with Gasteiger partial charge < -0.3 is 4.74 Å². The Kier molecular flexibility index (Phi) is 7.43. The average Bonchev–Trinajstić information content (AvgIpc) is 2.79. The second kappa shape index (κ2) is 10.0. The van der Waals surface area contributed by atoms with Crippen molar-refractivity contribution in [2.24, 2.45) is 11.3 Å². The molecule has 38 heavy (non-hydrogen) atoms. The van der Waals surface area contributed by atoms with Crippen LogP contribution in [0, 0.1) is 39.0 Å². The van der Waals surface area contributed by atoms with Gasteiger partial charge in [0.15, 0.2) is 0 Å². The molecule has 0 spiro atoms. The molecule has 0 aliphatic heterocycles. The van der Waals surface area contributed by atoms with E-state index in [1.165, 1.54) is 34.2 Å². The molecular weight excluding hydrogens is 464 g/mol. The lowest BCUT2D eigenvalue weighted by atomic mass is 9.55. The first-order valence-corrected chi connectivity index (χ1v) is 14.1. The van der Waals surface area contributed by atoms with Crippen LogP contribution < -0.4 is 4.74 Å². The Labute approximate surface area is 230 Å². The smallest absolute Gasteiger partial charge is 0.343 e. The van der Waals surface area contributed by atoms with Crippen LogP contribution in [0.25, 0.3) is 0 Å². The van der Waals surface area contributed by atoms with E-state index in [4.69, 9.17) is 4.74 Å². The molecule has 0 radical (unpaired) electrons. The van der Waals surface area contributed by atoms with Crippen molar-refractivity contribution in [2.75, 3.05) is 0 Å². The predicted molar refractivity (Wildman–Crippen MR) is 160 cm³/mol. The normalized spacial score (nSPS) is 21.3. The van der Waals surface area contributed by atoms with Crippen molar-refractivity contribution < 1.29 is 9.53 Å². The third kappa shape index (κ3) is 5.46. The van der Waals surface area contributed by atoms with Crippen molar-refractivity contribution in [1.29, 1.82) is 0 Å². The van der Waals surface area contributed by atoms with Gasteiger partial charge in [0.1, 0.15) is 5.75 Å². The second-order valence-corrected chi connectivity index (χ2v) is 13.9. The molecule has 4 rings (SSSR count). The molecule has 1 saturated carbocycles. The van der Waals surface area contributed by atoms with Gasteiger partial charge in [-0.25, -0.2) is 4.79 Å². The molecule has 1 fully saturated rings. The Balaban J connectivity index is 1.86. The van der Waals surface area contributed by atoms with Gasteiger partial charge in [-0.2, -0.15) is 0 Å². The van der Waals surface area contributed by atoms with Gasteiger partial charge >= 0.3 is 5.97 Å².